The molecule has 1 N–H and O–H groups in total. The number of hydrogen-bond donors (Lipinski definition) is 1. The lowest BCUT2D eigenvalue weighted by atomic mass is 10.1. The Kier molecular flexibility index (Phi) is 5.11. The Bertz CT molecular complexity index is 2330. The van der Waals surface area contributed by atoms with E-state index in [4.69, 9.17) is 20.1 Å². The number of aromatic nitrogens is 10. The van der Waals surface area contributed by atoms with E-state index in [1.807, 2.05) is 52.3 Å². The molecule has 0 aromatic carbocycles. The van der Waals surface area contributed by atoms with Gasteiger partial charge in [0.1, 0.15) is 22.9 Å². The van der Waals surface area contributed by atoms with Crippen LogP contribution in [0.2, 0.25) is 0 Å². The first-order valence-corrected chi connectivity index (χ1v) is 14.7. The van der Waals surface area contributed by atoms with Crippen molar-refractivity contribution in [3.63, 3.8) is 0 Å². The number of rotatable bonds is 6. The van der Waals surface area contributed by atoms with Gasteiger partial charge in [-0.3, -0.25) is 4.57 Å². The van der Waals surface area contributed by atoms with E-state index in [-0.39, 0.29) is 0 Å². The molecule has 1 aliphatic carbocycles. The Morgan fingerprint density at radius 3 is 2.56 bits per heavy atom. The Labute approximate surface area is 246 Å². The summed E-state index contributed by atoms with van der Waals surface area (Å²) in [4.78, 5) is 22.6. The first-order valence-electron chi connectivity index (χ1n) is 14.7. The first-order chi connectivity index (χ1) is 21.1. The summed E-state index contributed by atoms with van der Waals surface area (Å²) in [6, 6.07) is 12.6. The highest BCUT2D eigenvalue weighted by Gasteiger charge is 2.27. The van der Waals surface area contributed by atoms with Crippen LogP contribution in [-0.2, 0) is 6.42 Å². The van der Waals surface area contributed by atoms with Crippen LogP contribution in [0.1, 0.15) is 44.3 Å². The fourth-order valence-corrected chi connectivity index (χ4v) is 5.96. The summed E-state index contributed by atoms with van der Waals surface area (Å²) in [7, 11) is 0. The van der Waals surface area contributed by atoms with Crippen LogP contribution in [-0.4, -0.2) is 48.7 Å². The topological polar surface area (TPSA) is 107 Å². The highest BCUT2D eigenvalue weighted by atomic mass is 15.3. The van der Waals surface area contributed by atoms with Crippen LogP contribution in [0.25, 0.3) is 61.2 Å². The normalized spacial score (nSPS) is 13.8. The predicted molar refractivity (Wildman–Crippen MR) is 165 cm³/mol. The van der Waals surface area contributed by atoms with Gasteiger partial charge in [-0.1, -0.05) is 13.8 Å². The summed E-state index contributed by atoms with van der Waals surface area (Å²) >= 11 is 0. The molecule has 0 bridgehead atoms. The van der Waals surface area contributed by atoms with E-state index < -0.39 is 0 Å². The second-order valence-electron chi connectivity index (χ2n) is 11.9. The quantitative estimate of drug-likeness (QED) is 0.251. The highest BCUT2D eigenvalue weighted by molar-refractivity contribution is 5.96. The number of nitrogens with one attached hydrogen (secondary N) is 1. The van der Waals surface area contributed by atoms with Gasteiger partial charge in [0.15, 0.2) is 5.82 Å². The molecule has 8 aromatic heterocycles. The molecule has 0 atom stereocenters. The Morgan fingerprint density at radius 2 is 1.70 bits per heavy atom. The second-order valence-corrected chi connectivity index (χ2v) is 11.9. The molecule has 9 rings (SSSR count). The molecule has 43 heavy (non-hydrogen) atoms. The van der Waals surface area contributed by atoms with E-state index in [9.17, 15) is 0 Å². The van der Waals surface area contributed by atoms with E-state index >= 15 is 0 Å². The number of H-pyrrole nitrogens is 1. The number of hydrogen-bond acceptors (Lipinski definition) is 6. The van der Waals surface area contributed by atoms with Gasteiger partial charge >= 0.3 is 0 Å². The molecule has 0 aliphatic heterocycles. The maximum Gasteiger partial charge on any atom is 0.161 e. The standard InChI is InChI=1S/C33H28N10/c1-19(2)11-29-34-17-27-28(22-6-9-42-23(12-22)5-8-37-42)18-41(33(27)38-29)30-14-24-13-21(7-10-43(24)40-30)25-15-36-32-26(25)16-35-31(39-32)20-3-4-20/h5-10,12-20H,3-4,11H2,1-2H3,(H,35,36,39). The minimum atomic E-state index is 0.452. The largest absolute Gasteiger partial charge is 0.345 e. The second kappa shape index (κ2) is 9.06. The lowest BCUT2D eigenvalue weighted by molar-refractivity contribution is 0.622. The van der Waals surface area contributed by atoms with Crippen LogP contribution >= 0.6 is 0 Å². The van der Waals surface area contributed by atoms with Crippen molar-refractivity contribution in [3.8, 4) is 28.1 Å². The fraction of sp³-hybridized carbons (Fsp3) is 0.212. The predicted octanol–water partition coefficient (Wildman–Crippen LogP) is 6.40. The Morgan fingerprint density at radius 1 is 0.884 bits per heavy atom. The van der Waals surface area contributed by atoms with Crippen LogP contribution < -0.4 is 0 Å². The molecule has 10 nitrogen and oxygen atoms in total. The van der Waals surface area contributed by atoms with Gasteiger partial charge in [-0.15, -0.1) is 5.10 Å². The van der Waals surface area contributed by atoms with Crippen LogP contribution in [0, 0.1) is 5.92 Å². The van der Waals surface area contributed by atoms with Crippen molar-refractivity contribution in [2.75, 3.05) is 0 Å². The molecule has 8 heterocycles. The minimum absolute atomic E-state index is 0.452. The molecule has 0 amide bonds. The van der Waals surface area contributed by atoms with Crippen molar-refractivity contribution in [2.45, 2.75) is 39.0 Å². The zero-order valence-electron chi connectivity index (χ0n) is 23.8. The smallest absolute Gasteiger partial charge is 0.161 e. The van der Waals surface area contributed by atoms with Crippen LogP contribution in [0.3, 0.4) is 0 Å². The summed E-state index contributed by atoms with van der Waals surface area (Å²) in [5.41, 5.74) is 8.04. The molecular weight excluding hydrogens is 536 g/mol. The van der Waals surface area contributed by atoms with Crippen molar-refractivity contribution < 1.29 is 0 Å². The molecule has 1 saturated carbocycles. The van der Waals surface area contributed by atoms with Gasteiger partial charge in [0.2, 0.25) is 0 Å². The molecule has 0 unspecified atom stereocenters. The molecule has 1 aliphatic rings. The van der Waals surface area contributed by atoms with Crippen molar-refractivity contribution in [1.82, 2.24) is 48.7 Å². The van der Waals surface area contributed by atoms with Gasteiger partial charge in [-0.2, -0.15) is 5.10 Å². The Balaban J connectivity index is 1.17. The molecular formula is C33H28N10. The van der Waals surface area contributed by atoms with Crippen molar-refractivity contribution in [1.29, 1.82) is 0 Å². The van der Waals surface area contributed by atoms with Crippen molar-refractivity contribution in [3.05, 3.63) is 91.4 Å². The minimum Gasteiger partial charge on any atom is -0.345 e. The van der Waals surface area contributed by atoms with Crippen molar-refractivity contribution >= 4 is 33.1 Å². The van der Waals surface area contributed by atoms with Crippen LogP contribution in [0.4, 0.5) is 0 Å². The highest BCUT2D eigenvalue weighted by Crippen LogP contribution is 2.39. The van der Waals surface area contributed by atoms with Crippen molar-refractivity contribution in [2.24, 2.45) is 5.92 Å². The molecule has 0 saturated heterocycles. The number of aromatic amines is 1. The lowest BCUT2D eigenvalue weighted by Crippen LogP contribution is -2.03. The third-order valence-electron chi connectivity index (χ3n) is 8.30. The zero-order chi connectivity index (χ0) is 28.7. The van der Waals surface area contributed by atoms with Gasteiger partial charge in [-0.05, 0) is 60.2 Å². The molecule has 1 fully saturated rings. The number of fused-ring (bicyclic) bond motifs is 4. The maximum absolute atomic E-state index is 5.04. The molecule has 0 radical (unpaired) electrons. The maximum atomic E-state index is 5.04. The zero-order valence-corrected chi connectivity index (χ0v) is 23.8. The number of nitrogens with zero attached hydrogens (tertiary/aromatic N) is 9. The van der Waals surface area contributed by atoms with Crippen LogP contribution in [0.15, 0.2) is 79.8 Å². The van der Waals surface area contributed by atoms with Gasteiger partial charge in [-0.25, -0.2) is 29.0 Å². The first kappa shape index (κ1) is 24.2. The summed E-state index contributed by atoms with van der Waals surface area (Å²) in [5.74, 6) is 3.54. The third-order valence-corrected chi connectivity index (χ3v) is 8.30. The molecule has 0 spiro atoms. The lowest BCUT2D eigenvalue weighted by Gasteiger charge is -2.05. The number of pyridine rings is 2. The summed E-state index contributed by atoms with van der Waals surface area (Å²) in [6.45, 7) is 4.37. The van der Waals surface area contributed by atoms with Gasteiger partial charge in [0, 0.05) is 83.7 Å². The van der Waals surface area contributed by atoms with Gasteiger partial charge in [0.05, 0.1) is 11.0 Å². The van der Waals surface area contributed by atoms with E-state index in [2.05, 4.69) is 70.0 Å². The van der Waals surface area contributed by atoms with E-state index in [0.29, 0.717) is 11.8 Å². The van der Waals surface area contributed by atoms with E-state index in [0.717, 1.165) is 79.2 Å². The van der Waals surface area contributed by atoms with Gasteiger partial charge in [0.25, 0.3) is 0 Å². The molecule has 10 heteroatoms. The summed E-state index contributed by atoms with van der Waals surface area (Å²) in [5, 5.41) is 11.3. The van der Waals surface area contributed by atoms with E-state index in [1.54, 1.807) is 0 Å². The summed E-state index contributed by atoms with van der Waals surface area (Å²) in [6.07, 6.45) is 17.0. The molecule has 8 aromatic rings. The Hall–Kier alpha value is -5.38. The average Bonchev–Trinajstić information content (AvgIpc) is 3.34. The fourth-order valence-electron chi connectivity index (χ4n) is 5.96. The van der Waals surface area contributed by atoms with Gasteiger partial charge < -0.3 is 4.98 Å². The summed E-state index contributed by atoms with van der Waals surface area (Å²) < 4.78 is 5.86. The molecule has 210 valence electrons. The SMILES string of the molecule is CC(C)Cc1ncc2c(-c3ccn4nccc4c3)cn(-c3cc4cc(-c5c[nH]c6nc(C7CC7)ncc56)ccn4n3)c2n1. The average molecular weight is 565 g/mol. The monoisotopic (exact) mass is 564 g/mol. The van der Waals surface area contributed by atoms with E-state index in [1.165, 1.54) is 12.8 Å². The third kappa shape index (κ3) is 4.01. The van der Waals surface area contributed by atoms with Crippen LogP contribution in [0.5, 0.6) is 0 Å².